The van der Waals surface area contributed by atoms with Crippen LogP contribution in [0.4, 0.5) is 4.79 Å². The fraction of sp³-hybridized carbons (Fsp3) is 0.529. The second-order valence-electron chi connectivity index (χ2n) is 6.05. The molecular formula is C17H23N2O3-. The molecule has 1 aliphatic rings. The van der Waals surface area contributed by atoms with E-state index in [1.165, 1.54) is 6.42 Å². The third-order valence-corrected chi connectivity index (χ3v) is 4.30. The van der Waals surface area contributed by atoms with E-state index in [0.29, 0.717) is 5.92 Å². The van der Waals surface area contributed by atoms with E-state index in [1.807, 2.05) is 30.3 Å². The monoisotopic (exact) mass is 303 g/mol. The van der Waals surface area contributed by atoms with Crippen LogP contribution in [0.5, 0.6) is 0 Å². The van der Waals surface area contributed by atoms with E-state index < -0.39 is 18.0 Å². The standard InChI is InChI=1S/C17H24N2O3/c1-12-7-5-6-10-14(12)18-17(22)19-15(16(20)21)11-13-8-3-2-4-9-13/h2-4,8-9,12,14-15H,5-7,10-11H2,1H3,(H,20,21)(H2,18,19,22)/p-1/t12-,14+,15-/m0/s1. The molecule has 0 bridgehead atoms. The molecule has 1 aromatic rings. The molecule has 0 unspecified atom stereocenters. The zero-order valence-electron chi connectivity index (χ0n) is 12.9. The SMILES string of the molecule is C[C@H]1CCCC[C@H]1NC(=O)N[C@@H](Cc1ccccc1)C(=O)[O-]. The van der Waals surface area contributed by atoms with Crippen LogP contribution in [0.3, 0.4) is 0 Å². The lowest BCUT2D eigenvalue weighted by Crippen LogP contribution is -2.54. The Morgan fingerprint density at radius 1 is 1.23 bits per heavy atom. The summed E-state index contributed by atoms with van der Waals surface area (Å²) in [6.07, 6.45) is 4.55. The van der Waals surface area contributed by atoms with Gasteiger partial charge in [-0.15, -0.1) is 0 Å². The lowest BCUT2D eigenvalue weighted by atomic mass is 9.86. The van der Waals surface area contributed by atoms with E-state index in [-0.39, 0.29) is 12.5 Å². The van der Waals surface area contributed by atoms with Crippen molar-refractivity contribution >= 4 is 12.0 Å². The number of carboxylic acid groups (broad SMARTS) is 1. The number of carbonyl (C=O) groups is 2. The van der Waals surface area contributed by atoms with Gasteiger partial charge in [-0.25, -0.2) is 4.79 Å². The molecule has 120 valence electrons. The Labute approximate surface area is 131 Å². The Hall–Kier alpha value is -2.04. The van der Waals surface area contributed by atoms with Crippen molar-refractivity contribution in [1.82, 2.24) is 10.6 Å². The molecule has 1 fully saturated rings. The van der Waals surface area contributed by atoms with Crippen molar-refractivity contribution in [2.45, 2.75) is 51.1 Å². The normalized spacial score (nSPS) is 22.6. The molecule has 2 N–H and O–H groups in total. The lowest BCUT2D eigenvalue weighted by Gasteiger charge is -2.30. The van der Waals surface area contributed by atoms with Gasteiger partial charge in [0.15, 0.2) is 0 Å². The number of rotatable bonds is 5. The first-order chi connectivity index (χ1) is 10.6. The topological polar surface area (TPSA) is 81.3 Å². The molecule has 3 atom stereocenters. The number of urea groups is 1. The van der Waals surface area contributed by atoms with Crippen molar-refractivity contribution in [2.75, 3.05) is 0 Å². The van der Waals surface area contributed by atoms with Gasteiger partial charge in [-0.3, -0.25) is 0 Å². The molecule has 0 spiro atoms. The van der Waals surface area contributed by atoms with Crippen molar-refractivity contribution in [3.8, 4) is 0 Å². The maximum absolute atomic E-state index is 12.0. The molecule has 0 aliphatic heterocycles. The van der Waals surface area contributed by atoms with Gasteiger partial charge in [-0.2, -0.15) is 0 Å². The van der Waals surface area contributed by atoms with Crippen molar-refractivity contribution in [2.24, 2.45) is 5.92 Å². The highest BCUT2D eigenvalue weighted by Gasteiger charge is 2.24. The van der Waals surface area contributed by atoms with E-state index in [4.69, 9.17) is 0 Å². The Bertz CT molecular complexity index is 504. The van der Waals surface area contributed by atoms with Gasteiger partial charge in [0.25, 0.3) is 0 Å². The quantitative estimate of drug-likeness (QED) is 0.858. The van der Waals surface area contributed by atoms with E-state index >= 15 is 0 Å². The molecule has 1 aliphatic carbocycles. The van der Waals surface area contributed by atoms with Gasteiger partial charge in [-0.05, 0) is 30.7 Å². The second kappa shape index (κ2) is 7.82. The number of carbonyl (C=O) groups excluding carboxylic acids is 2. The van der Waals surface area contributed by atoms with Gasteiger partial charge in [0.2, 0.25) is 0 Å². The Balaban J connectivity index is 1.90. The van der Waals surface area contributed by atoms with Crippen LogP contribution in [0.15, 0.2) is 30.3 Å². The second-order valence-corrected chi connectivity index (χ2v) is 6.05. The van der Waals surface area contributed by atoms with Gasteiger partial charge < -0.3 is 20.5 Å². The van der Waals surface area contributed by atoms with Crippen molar-refractivity contribution in [3.63, 3.8) is 0 Å². The van der Waals surface area contributed by atoms with Crippen LogP contribution >= 0.6 is 0 Å². The number of carboxylic acids is 1. The Kier molecular flexibility index (Phi) is 5.81. The molecule has 2 rings (SSSR count). The van der Waals surface area contributed by atoms with Crippen molar-refractivity contribution in [1.29, 1.82) is 0 Å². The molecule has 0 heterocycles. The maximum Gasteiger partial charge on any atom is 0.315 e. The highest BCUT2D eigenvalue weighted by molar-refractivity contribution is 5.82. The molecule has 22 heavy (non-hydrogen) atoms. The maximum atomic E-state index is 12.0. The predicted octanol–water partition coefficient (Wildman–Crippen LogP) is 1.23. The number of hydrogen-bond acceptors (Lipinski definition) is 3. The van der Waals surface area contributed by atoms with Crippen LogP contribution in [-0.2, 0) is 11.2 Å². The Morgan fingerprint density at radius 2 is 1.91 bits per heavy atom. The first-order valence-corrected chi connectivity index (χ1v) is 7.88. The summed E-state index contributed by atoms with van der Waals surface area (Å²) in [4.78, 5) is 23.3. The van der Waals surface area contributed by atoms with Gasteiger partial charge in [-0.1, -0.05) is 50.1 Å². The summed E-state index contributed by atoms with van der Waals surface area (Å²) in [5.74, 6) is -0.842. The largest absolute Gasteiger partial charge is 0.548 e. The van der Waals surface area contributed by atoms with Crippen molar-refractivity contribution < 1.29 is 14.7 Å². The van der Waals surface area contributed by atoms with Gasteiger partial charge in [0.1, 0.15) is 0 Å². The van der Waals surface area contributed by atoms with Crippen LogP contribution in [0.25, 0.3) is 0 Å². The first-order valence-electron chi connectivity index (χ1n) is 7.88. The number of benzene rings is 1. The van der Waals surface area contributed by atoms with Gasteiger partial charge in [0, 0.05) is 6.04 Å². The zero-order chi connectivity index (χ0) is 15.9. The average molecular weight is 303 g/mol. The van der Waals surface area contributed by atoms with E-state index in [1.54, 1.807) is 0 Å². The predicted molar refractivity (Wildman–Crippen MR) is 82.0 cm³/mol. The molecule has 0 saturated heterocycles. The Morgan fingerprint density at radius 3 is 2.55 bits per heavy atom. The third-order valence-electron chi connectivity index (χ3n) is 4.30. The number of nitrogens with one attached hydrogen (secondary N) is 2. The highest BCUT2D eigenvalue weighted by Crippen LogP contribution is 2.23. The summed E-state index contributed by atoms with van der Waals surface area (Å²) in [6.45, 7) is 2.12. The first kappa shape index (κ1) is 16.3. The minimum Gasteiger partial charge on any atom is -0.548 e. The fourth-order valence-corrected chi connectivity index (χ4v) is 2.94. The van der Waals surface area contributed by atoms with Crippen molar-refractivity contribution in [3.05, 3.63) is 35.9 Å². The average Bonchev–Trinajstić information content (AvgIpc) is 2.50. The van der Waals surface area contributed by atoms with E-state index in [0.717, 1.165) is 24.8 Å². The van der Waals surface area contributed by atoms with E-state index in [2.05, 4.69) is 17.6 Å². The zero-order valence-corrected chi connectivity index (χ0v) is 12.9. The lowest BCUT2D eigenvalue weighted by molar-refractivity contribution is -0.308. The van der Waals surface area contributed by atoms with Crippen LogP contribution in [0.2, 0.25) is 0 Å². The number of amides is 2. The molecule has 5 heteroatoms. The minimum atomic E-state index is -1.27. The molecule has 0 radical (unpaired) electrons. The fourth-order valence-electron chi connectivity index (χ4n) is 2.94. The molecule has 1 aromatic carbocycles. The van der Waals surface area contributed by atoms with Crippen LogP contribution < -0.4 is 15.7 Å². The summed E-state index contributed by atoms with van der Waals surface area (Å²) >= 11 is 0. The summed E-state index contributed by atoms with van der Waals surface area (Å²) in [7, 11) is 0. The minimum absolute atomic E-state index is 0.118. The number of aliphatic carboxylic acids is 1. The van der Waals surface area contributed by atoms with Gasteiger partial charge in [0.05, 0.1) is 12.0 Å². The number of hydrogen-bond donors (Lipinski definition) is 2. The highest BCUT2D eigenvalue weighted by atomic mass is 16.4. The van der Waals surface area contributed by atoms with Crippen LogP contribution in [0.1, 0.15) is 38.2 Å². The van der Waals surface area contributed by atoms with Crippen LogP contribution in [0, 0.1) is 5.92 Å². The van der Waals surface area contributed by atoms with E-state index in [9.17, 15) is 14.7 Å². The summed E-state index contributed by atoms with van der Waals surface area (Å²) in [5, 5.41) is 16.7. The summed E-state index contributed by atoms with van der Waals surface area (Å²) in [6, 6.07) is 7.87. The molecule has 5 nitrogen and oxygen atoms in total. The molecule has 1 saturated carbocycles. The summed E-state index contributed by atoms with van der Waals surface area (Å²) in [5.41, 5.74) is 0.850. The molecule has 2 amide bonds. The smallest absolute Gasteiger partial charge is 0.315 e. The summed E-state index contributed by atoms with van der Waals surface area (Å²) < 4.78 is 0. The van der Waals surface area contributed by atoms with Gasteiger partial charge >= 0.3 is 6.03 Å². The molecular weight excluding hydrogens is 280 g/mol. The third kappa shape index (κ3) is 4.76. The molecule has 0 aromatic heterocycles. The van der Waals surface area contributed by atoms with Crippen LogP contribution in [-0.4, -0.2) is 24.1 Å².